The molecule has 2 heterocycles. The van der Waals surface area contributed by atoms with E-state index in [0.29, 0.717) is 0 Å². The van der Waals surface area contributed by atoms with Crippen LogP contribution in [-0.2, 0) is 16.2 Å². The van der Waals surface area contributed by atoms with E-state index < -0.39 is 43.3 Å². The molecule has 1 aliphatic rings. The highest BCUT2D eigenvalue weighted by atomic mass is 32.2. The molecule has 13 heteroatoms. The number of rotatable bonds is 4. The summed E-state index contributed by atoms with van der Waals surface area (Å²) in [4.78, 5) is 27.4. The molecule has 3 rings (SSSR count). The molecule has 1 aromatic carbocycles. The number of halogens is 3. The summed E-state index contributed by atoms with van der Waals surface area (Å²) in [7, 11) is -4.17. The maximum atomic E-state index is 12.8. The third kappa shape index (κ3) is 4.51. The summed E-state index contributed by atoms with van der Waals surface area (Å²) in [6, 6.07) is 6.73. The van der Waals surface area contributed by atoms with Crippen molar-refractivity contribution < 1.29 is 31.3 Å². The van der Waals surface area contributed by atoms with Gasteiger partial charge in [-0.15, -0.1) is 0 Å². The van der Waals surface area contributed by atoms with Crippen molar-refractivity contribution >= 4 is 21.6 Å². The Kier molecular flexibility index (Phi) is 6.00. The lowest BCUT2D eigenvalue weighted by Crippen LogP contribution is -2.50. The standard InChI is InChI=1S/C18H17F3N4O5S/c1-12-13(6-7-16(22-12)18(19,20)21)17(26)23-8-10-24(11-9-23)31(29,30)15-5-3-2-4-14(15)25(27)28/h2-7H,8-11H2,1H3. The summed E-state index contributed by atoms with van der Waals surface area (Å²) in [5.41, 5.74) is -1.76. The largest absolute Gasteiger partial charge is 0.433 e. The molecular formula is C18H17F3N4O5S. The number of para-hydroxylation sites is 1. The van der Waals surface area contributed by atoms with Gasteiger partial charge in [-0.2, -0.15) is 17.5 Å². The second-order valence-electron chi connectivity index (χ2n) is 6.75. The number of benzene rings is 1. The Balaban J connectivity index is 1.75. The highest BCUT2D eigenvalue weighted by Crippen LogP contribution is 2.29. The number of nitrogens with zero attached hydrogens (tertiary/aromatic N) is 4. The number of aryl methyl sites for hydroxylation is 1. The Hall–Kier alpha value is -3.06. The number of nitro benzene ring substituents is 1. The van der Waals surface area contributed by atoms with Crippen molar-refractivity contribution in [3.8, 4) is 0 Å². The highest BCUT2D eigenvalue weighted by molar-refractivity contribution is 7.89. The molecule has 1 saturated heterocycles. The van der Waals surface area contributed by atoms with Gasteiger partial charge in [-0.1, -0.05) is 12.1 Å². The van der Waals surface area contributed by atoms with Crippen molar-refractivity contribution in [1.29, 1.82) is 0 Å². The van der Waals surface area contributed by atoms with Crippen LogP contribution >= 0.6 is 0 Å². The van der Waals surface area contributed by atoms with Gasteiger partial charge in [0.1, 0.15) is 5.69 Å². The summed E-state index contributed by atoms with van der Waals surface area (Å²) >= 11 is 0. The van der Waals surface area contributed by atoms with E-state index in [0.717, 1.165) is 28.6 Å². The molecular weight excluding hydrogens is 441 g/mol. The number of hydrogen-bond acceptors (Lipinski definition) is 6. The number of aromatic nitrogens is 1. The minimum Gasteiger partial charge on any atom is -0.336 e. The molecule has 0 unspecified atom stereocenters. The van der Waals surface area contributed by atoms with E-state index in [1.807, 2.05) is 0 Å². The van der Waals surface area contributed by atoms with Gasteiger partial charge in [0, 0.05) is 32.2 Å². The first-order valence-electron chi connectivity index (χ1n) is 9.00. The molecule has 1 aromatic heterocycles. The predicted molar refractivity (Wildman–Crippen MR) is 102 cm³/mol. The fourth-order valence-electron chi connectivity index (χ4n) is 3.21. The van der Waals surface area contributed by atoms with Crippen LogP contribution in [0.5, 0.6) is 0 Å². The molecule has 0 radical (unpaired) electrons. The lowest BCUT2D eigenvalue weighted by molar-refractivity contribution is -0.387. The Labute approximate surface area is 175 Å². The third-order valence-corrected chi connectivity index (χ3v) is 6.76. The Morgan fingerprint density at radius 2 is 1.71 bits per heavy atom. The molecule has 1 fully saturated rings. The van der Waals surface area contributed by atoms with Crippen LogP contribution in [0, 0.1) is 17.0 Å². The molecule has 0 atom stereocenters. The monoisotopic (exact) mass is 458 g/mol. The lowest BCUT2D eigenvalue weighted by atomic mass is 10.1. The zero-order valence-corrected chi connectivity index (χ0v) is 17.0. The van der Waals surface area contributed by atoms with Gasteiger partial charge in [0.05, 0.1) is 16.2 Å². The van der Waals surface area contributed by atoms with Crippen molar-refractivity contribution in [3.63, 3.8) is 0 Å². The third-order valence-electron chi connectivity index (χ3n) is 4.81. The maximum absolute atomic E-state index is 12.8. The van der Waals surface area contributed by atoms with Gasteiger partial charge < -0.3 is 4.90 Å². The molecule has 166 valence electrons. The van der Waals surface area contributed by atoms with Gasteiger partial charge >= 0.3 is 6.18 Å². The molecule has 1 aliphatic heterocycles. The topological polar surface area (TPSA) is 114 Å². The minimum atomic E-state index is -4.63. The van der Waals surface area contributed by atoms with Crippen molar-refractivity contribution in [2.75, 3.05) is 26.2 Å². The average Bonchev–Trinajstić information content (AvgIpc) is 2.72. The first-order valence-corrected chi connectivity index (χ1v) is 10.4. The van der Waals surface area contributed by atoms with Crippen LogP contribution in [0.3, 0.4) is 0 Å². The van der Waals surface area contributed by atoms with Gasteiger partial charge in [0.2, 0.25) is 10.0 Å². The van der Waals surface area contributed by atoms with Crippen LogP contribution in [0.25, 0.3) is 0 Å². The van der Waals surface area contributed by atoms with Gasteiger partial charge in [-0.05, 0) is 25.1 Å². The highest BCUT2D eigenvalue weighted by Gasteiger charge is 2.36. The van der Waals surface area contributed by atoms with E-state index in [4.69, 9.17) is 0 Å². The first kappa shape index (κ1) is 22.6. The summed E-state index contributed by atoms with van der Waals surface area (Å²) in [5.74, 6) is -0.568. The molecule has 0 N–H and O–H groups in total. The van der Waals surface area contributed by atoms with Gasteiger partial charge in [-0.3, -0.25) is 14.9 Å². The van der Waals surface area contributed by atoms with Crippen LogP contribution in [-0.4, -0.2) is 59.6 Å². The summed E-state index contributed by atoms with van der Waals surface area (Å²) in [6.07, 6.45) is -4.63. The average molecular weight is 458 g/mol. The number of nitro groups is 1. The molecule has 0 aliphatic carbocycles. The maximum Gasteiger partial charge on any atom is 0.433 e. The Morgan fingerprint density at radius 1 is 1.10 bits per heavy atom. The predicted octanol–water partition coefficient (Wildman–Crippen LogP) is 2.46. The smallest absolute Gasteiger partial charge is 0.336 e. The molecule has 31 heavy (non-hydrogen) atoms. The van der Waals surface area contributed by atoms with Gasteiger partial charge in [-0.25, -0.2) is 13.4 Å². The number of sulfonamides is 1. The SMILES string of the molecule is Cc1nc(C(F)(F)F)ccc1C(=O)N1CCN(S(=O)(=O)c2ccccc2[N+](=O)[O-])CC1. The van der Waals surface area contributed by atoms with E-state index in [9.17, 15) is 36.5 Å². The van der Waals surface area contributed by atoms with Crippen molar-refractivity contribution in [3.05, 3.63) is 63.5 Å². The molecule has 0 spiro atoms. The number of hydrogen-bond donors (Lipinski definition) is 0. The second kappa shape index (κ2) is 8.23. The summed E-state index contributed by atoms with van der Waals surface area (Å²) in [5, 5.41) is 11.2. The number of amides is 1. The minimum absolute atomic E-state index is 0.0111. The fourth-order valence-corrected chi connectivity index (χ4v) is 4.79. The van der Waals surface area contributed by atoms with Crippen LogP contribution in [0.1, 0.15) is 21.7 Å². The normalized spacial score (nSPS) is 15.7. The second-order valence-corrected chi connectivity index (χ2v) is 8.65. The van der Waals surface area contributed by atoms with Crippen molar-refractivity contribution in [1.82, 2.24) is 14.2 Å². The first-order chi connectivity index (χ1) is 14.4. The Morgan fingerprint density at radius 3 is 2.26 bits per heavy atom. The number of alkyl halides is 3. The summed E-state index contributed by atoms with van der Waals surface area (Å²) < 4.78 is 65.0. The van der Waals surface area contributed by atoms with E-state index in [-0.39, 0.29) is 37.4 Å². The zero-order valence-electron chi connectivity index (χ0n) is 16.2. The molecule has 9 nitrogen and oxygen atoms in total. The van der Waals surface area contributed by atoms with Crippen LogP contribution < -0.4 is 0 Å². The van der Waals surface area contributed by atoms with Gasteiger partial charge in [0.15, 0.2) is 4.90 Å². The van der Waals surface area contributed by atoms with E-state index in [1.165, 1.54) is 24.0 Å². The van der Waals surface area contributed by atoms with Gasteiger partial charge in [0.25, 0.3) is 11.6 Å². The van der Waals surface area contributed by atoms with E-state index in [2.05, 4.69) is 4.98 Å². The van der Waals surface area contributed by atoms with Crippen LogP contribution in [0.2, 0.25) is 0 Å². The van der Waals surface area contributed by atoms with Crippen molar-refractivity contribution in [2.45, 2.75) is 18.0 Å². The van der Waals surface area contributed by atoms with Crippen LogP contribution in [0.15, 0.2) is 41.3 Å². The number of carbonyl (C=O) groups excluding carboxylic acids is 1. The summed E-state index contributed by atoms with van der Waals surface area (Å²) in [6.45, 7) is 0.997. The quantitative estimate of drug-likeness (QED) is 0.514. The Bertz CT molecular complexity index is 1130. The number of carbonyl (C=O) groups is 1. The van der Waals surface area contributed by atoms with Crippen LogP contribution in [0.4, 0.5) is 18.9 Å². The zero-order chi connectivity index (χ0) is 23.0. The molecule has 0 bridgehead atoms. The fraction of sp³-hybridized carbons (Fsp3) is 0.333. The van der Waals surface area contributed by atoms with E-state index >= 15 is 0 Å². The molecule has 0 saturated carbocycles. The number of pyridine rings is 1. The number of piperazine rings is 1. The lowest BCUT2D eigenvalue weighted by Gasteiger charge is -2.34. The molecule has 2 aromatic rings. The van der Waals surface area contributed by atoms with E-state index in [1.54, 1.807) is 0 Å². The molecule has 1 amide bonds. The van der Waals surface area contributed by atoms with Crippen molar-refractivity contribution in [2.24, 2.45) is 0 Å².